The Morgan fingerprint density at radius 1 is 1.32 bits per heavy atom. The summed E-state index contributed by atoms with van der Waals surface area (Å²) in [6.07, 6.45) is 3.21. The van der Waals surface area contributed by atoms with Crippen LogP contribution in [0.3, 0.4) is 0 Å². The Balaban J connectivity index is 2.19. The number of nitrogen functional groups attached to an aromatic ring is 1. The van der Waals surface area contributed by atoms with Crippen LogP contribution in [0.15, 0.2) is 47.6 Å². The first-order valence-corrected chi connectivity index (χ1v) is 7.29. The smallest absolute Gasteiger partial charge is 0.242 e. The fourth-order valence-electron chi connectivity index (χ4n) is 1.49. The molecular formula is C12H12ClN3O2S. The van der Waals surface area contributed by atoms with Crippen LogP contribution < -0.4 is 10.5 Å². The first-order valence-electron chi connectivity index (χ1n) is 5.42. The van der Waals surface area contributed by atoms with Gasteiger partial charge in [-0.05, 0) is 29.8 Å². The van der Waals surface area contributed by atoms with Gasteiger partial charge in [0.1, 0.15) is 4.90 Å². The van der Waals surface area contributed by atoms with Crippen LogP contribution in [0.1, 0.15) is 5.56 Å². The minimum Gasteiger partial charge on any atom is -0.399 e. The minimum absolute atomic E-state index is 0.00672. The Labute approximate surface area is 116 Å². The molecule has 19 heavy (non-hydrogen) atoms. The molecule has 5 nitrogen and oxygen atoms in total. The van der Waals surface area contributed by atoms with Gasteiger partial charge in [-0.3, -0.25) is 4.98 Å². The molecule has 0 fully saturated rings. The van der Waals surface area contributed by atoms with Crippen molar-refractivity contribution in [3.8, 4) is 0 Å². The third-order valence-electron chi connectivity index (χ3n) is 2.43. The van der Waals surface area contributed by atoms with E-state index < -0.39 is 10.0 Å². The molecule has 2 rings (SSSR count). The Kier molecular flexibility index (Phi) is 4.04. The summed E-state index contributed by atoms with van der Waals surface area (Å²) >= 11 is 5.88. The van der Waals surface area contributed by atoms with Crippen molar-refractivity contribution < 1.29 is 8.42 Å². The van der Waals surface area contributed by atoms with Crippen LogP contribution in [-0.4, -0.2) is 13.4 Å². The molecule has 7 heteroatoms. The van der Waals surface area contributed by atoms with Gasteiger partial charge in [0.05, 0.1) is 5.02 Å². The molecule has 0 aliphatic rings. The van der Waals surface area contributed by atoms with Gasteiger partial charge in [0, 0.05) is 24.6 Å². The van der Waals surface area contributed by atoms with Gasteiger partial charge < -0.3 is 5.73 Å². The highest BCUT2D eigenvalue weighted by Crippen LogP contribution is 2.23. The molecular weight excluding hydrogens is 286 g/mol. The molecule has 0 radical (unpaired) electrons. The first-order chi connectivity index (χ1) is 8.99. The lowest BCUT2D eigenvalue weighted by molar-refractivity contribution is 0.581. The molecule has 0 bridgehead atoms. The second kappa shape index (κ2) is 5.56. The molecule has 0 aliphatic heterocycles. The fraction of sp³-hybridized carbons (Fsp3) is 0.0833. The van der Waals surface area contributed by atoms with Gasteiger partial charge in [0.2, 0.25) is 10.0 Å². The van der Waals surface area contributed by atoms with Crippen molar-refractivity contribution >= 4 is 27.3 Å². The molecule has 0 saturated heterocycles. The van der Waals surface area contributed by atoms with Crippen LogP contribution in [0.4, 0.5) is 5.69 Å². The van der Waals surface area contributed by atoms with E-state index in [4.69, 9.17) is 17.3 Å². The Bertz CT molecular complexity index is 675. The highest BCUT2D eigenvalue weighted by molar-refractivity contribution is 7.89. The summed E-state index contributed by atoms with van der Waals surface area (Å²) < 4.78 is 26.6. The zero-order valence-corrected chi connectivity index (χ0v) is 11.4. The SMILES string of the molecule is Nc1ccc(S(=O)(=O)NCc2cccnc2)c(Cl)c1. The summed E-state index contributed by atoms with van der Waals surface area (Å²) in [5.74, 6) is 0. The van der Waals surface area contributed by atoms with Gasteiger partial charge in [-0.2, -0.15) is 0 Å². The highest BCUT2D eigenvalue weighted by atomic mass is 35.5. The van der Waals surface area contributed by atoms with Crippen molar-refractivity contribution in [1.82, 2.24) is 9.71 Å². The van der Waals surface area contributed by atoms with Crippen molar-refractivity contribution in [3.05, 3.63) is 53.3 Å². The molecule has 1 aromatic carbocycles. The Morgan fingerprint density at radius 2 is 2.11 bits per heavy atom. The lowest BCUT2D eigenvalue weighted by Gasteiger charge is -2.08. The average molecular weight is 298 g/mol. The molecule has 100 valence electrons. The maximum atomic E-state index is 12.1. The van der Waals surface area contributed by atoms with Crippen LogP contribution in [0.2, 0.25) is 5.02 Å². The third kappa shape index (κ3) is 3.44. The number of rotatable bonds is 4. The summed E-state index contributed by atoms with van der Waals surface area (Å²) in [6, 6.07) is 7.79. The molecule has 0 spiro atoms. The number of anilines is 1. The molecule has 0 atom stereocenters. The van der Waals surface area contributed by atoms with E-state index in [9.17, 15) is 8.42 Å². The molecule has 0 saturated carbocycles. The average Bonchev–Trinajstić information content (AvgIpc) is 2.37. The van der Waals surface area contributed by atoms with E-state index >= 15 is 0 Å². The molecule has 3 N–H and O–H groups in total. The second-order valence-corrected chi connectivity index (χ2v) is 6.02. The molecule has 0 amide bonds. The van der Waals surface area contributed by atoms with Crippen LogP contribution in [0, 0.1) is 0 Å². The molecule has 1 heterocycles. The van der Waals surface area contributed by atoms with Crippen LogP contribution in [0.25, 0.3) is 0 Å². The number of hydrogen-bond acceptors (Lipinski definition) is 4. The van der Waals surface area contributed by atoms with E-state index in [0.29, 0.717) is 5.69 Å². The number of nitrogens with zero attached hydrogens (tertiary/aromatic N) is 1. The first kappa shape index (κ1) is 13.8. The summed E-state index contributed by atoms with van der Waals surface area (Å²) in [7, 11) is -3.67. The number of benzene rings is 1. The summed E-state index contributed by atoms with van der Waals surface area (Å²) in [4.78, 5) is 3.92. The molecule has 0 aliphatic carbocycles. The summed E-state index contributed by atoms with van der Waals surface area (Å²) in [6.45, 7) is 0.150. The van der Waals surface area contributed by atoms with Crippen molar-refractivity contribution in [2.75, 3.05) is 5.73 Å². The number of nitrogens with two attached hydrogens (primary N) is 1. The van der Waals surface area contributed by atoms with Crippen molar-refractivity contribution in [3.63, 3.8) is 0 Å². The lowest BCUT2D eigenvalue weighted by Crippen LogP contribution is -2.23. The number of halogens is 1. The largest absolute Gasteiger partial charge is 0.399 e. The number of sulfonamides is 1. The lowest BCUT2D eigenvalue weighted by atomic mass is 10.3. The number of pyridine rings is 1. The Morgan fingerprint density at radius 3 is 2.74 bits per heavy atom. The van der Waals surface area contributed by atoms with E-state index in [0.717, 1.165) is 5.56 Å². The van der Waals surface area contributed by atoms with Gasteiger partial charge in [-0.25, -0.2) is 13.1 Å². The van der Waals surface area contributed by atoms with Gasteiger partial charge in [-0.1, -0.05) is 17.7 Å². The normalized spacial score (nSPS) is 11.4. The zero-order valence-electron chi connectivity index (χ0n) is 9.88. The van der Waals surface area contributed by atoms with Crippen molar-refractivity contribution in [2.24, 2.45) is 0 Å². The minimum atomic E-state index is -3.67. The Hall–Kier alpha value is -1.63. The third-order valence-corrected chi connectivity index (χ3v) is 4.32. The molecule has 1 aromatic heterocycles. The highest BCUT2D eigenvalue weighted by Gasteiger charge is 2.17. The van der Waals surface area contributed by atoms with Gasteiger partial charge in [0.15, 0.2) is 0 Å². The van der Waals surface area contributed by atoms with Crippen molar-refractivity contribution in [1.29, 1.82) is 0 Å². The quantitative estimate of drug-likeness (QED) is 0.843. The van der Waals surface area contributed by atoms with Crippen LogP contribution in [-0.2, 0) is 16.6 Å². The maximum absolute atomic E-state index is 12.1. The maximum Gasteiger partial charge on any atom is 0.242 e. The van der Waals surface area contributed by atoms with E-state index in [1.165, 1.54) is 18.2 Å². The monoisotopic (exact) mass is 297 g/mol. The molecule has 2 aromatic rings. The number of nitrogens with one attached hydrogen (secondary N) is 1. The predicted molar refractivity (Wildman–Crippen MR) is 74.1 cm³/mol. The number of hydrogen-bond donors (Lipinski definition) is 2. The van der Waals surface area contributed by atoms with Crippen molar-refractivity contribution in [2.45, 2.75) is 11.4 Å². The van der Waals surface area contributed by atoms with Crippen LogP contribution >= 0.6 is 11.6 Å². The van der Waals surface area contributed by atoms with E-state index in [-0.39, 0.29) is 16.5 Å². The van der Waals surface area contributed by atoms with E-state index in [1.54, 1.807) is 24.5 Å². The second-order valence-electron chi connectivity index (χ2n) is 3.88. The topological polar surface area (TPSA) is 85.1 Å². The standard InChI is InChI=1S/C12H12ClN3O2S/c13-11-6-10(14)3-4-12(11)19(17,18)16-8-9-2-1-5-15-7-9/h1-7,16H,8,14H2. The zero-order chi connectivity index (χ0) is 13.9. The van der Waals surface area contributed by atoms with E-state index in [1.807, 2.05) is 0 Å². The predicted octanol–water partition coefficient (Wildman–Crippen LogP) is 1.80. The summed E-state index contributed by atoms with van der Waals surface area (Å²) in [5.41, 5.74) is 6.70. The molecule has 0 unspecified atom stereocenters. The summed E-state index contributed by atoms with van der Waals surface area (Å²) in [5, 5.41) is 0.0960. The van der Waals surface area contributed by atoms with Gasteiger partial charge in [-0.15, -0.1) is 0 Å². The van der Waals surface area contributed by atoms with Crippen LogP contribution in [0.5, 0.6) is 0 Å². The van der Waals surface area contributed by atoms with E-state index in [2.05, 4.69) is 9.71 Å². The number of aromatic nitrogens is 1. The van der Waals surface area contributed by atoms with Gasteiger partial charge in [0.25, 0.3) is 0 Å². The fourth-order valence-corrected chi connectivity index (χ4v) is 3.06. The van der Waals surface area contributed by atoms with Gasteiger partial charge >= 0.3 is 0 Å².